The van der Waals surface area contributed by atoms with Crippen LogP contribution in [0.5, 0.6) is 0 Å². The van der Waals surface area contributed by atoms with Crippen molar-refractivity contribution in [1.29, 1.82) is 0 Å². The van der Waals surface area contributed by atoms with Gasteiger partial charge in [0, 0.05) is 11.1 Å². The average molecular weight is 587 g/mol. The predicted molar refractivity (Wildman–Crippen MR) is 141 cm³/mol. The first kappa shape index (κ1) is 31.6. The number of aromatic nitrogens is 1. The molecule has 3 heterocycles. The van der Waals surface area contributed by atoms with Gasteiger partial charge in [-0.25, -0.2) is 9.78 Å². The number of carboxylic acid groups (broad SMARTS) is 1. The summed E-state index contributed by atoms with van der Waals surface area (Å²) in [4.78, 5) is 55.6. The maximum Gasteiger partial charge on any atom is 1.00 e. The van der Waals surface area contributed by atoms with E-state index in [1.54, 1.807) is 26.2 Å². The molecule has 39 heavy (non-hydrogen) atoms. The van der Waals surface area contributed by atoms with Crippen molar-refractivity contribution in [3.05, 3.63) is 28.4 Å². The number of hydrogen-bond acceptors (Lipinski definition) is 10. The molecular formula is C25H31N4NaO7S2. The number of carbonyl (C=O) groups excluding carboxylic acids is 4. The van der Waals surface area contributed by atoms with E-state index in [4.69, 9.17) is 4.74 Å². The van der Waals surface area contributed by atoms with Gasteiger partial charge in [0.25, 0.3) is 11.8 Å². The Morgan fingerprint density at radius 3 is 2.59 bits per heavy atom. The number of hydrogen-bond donors (Lipinski definition) is 3. The van der Waals surface area contributed by atoms with E-state index in [1.165, 1.54) is 11.8 Å². The molecule has 14 heteroatoms. The molecule has 3 aliphatic rings. The topological polar surface area (TPSA) is 161 Å². The third kappa shape index (κ3) is 7.44. The van der Waals surface area contributed by atoms with Gasteiger partial charge in [0.1, 0.15) is 17.0 Å². The van der Waals surface area contributed by atoms with E-state index in [9.17, 15) is 29.4 Å². The molecule has 0 radical (unpaired) electrons. The van der Waals surface area contributed by atoms with Crippen molar-refractivity contribution in [3.8, 4) is 0 Å². The Hall–Kier alpha value is -1.90. The number of aliphatic carboxylic acids is 1. The second kappa shape index (κ2) is 13.2. The molecule has 1 aliphatic carbocycles. The fourth-order valence-corrected chi connectivity index (χ4v) is 6.73. The van der Waals surface area contributed by atoms with Crippen LogP contribution in [0.4, 0.5) is 9.93 Å². The number of anilines is 1. The summed E-state index contributed by atoms with van der Waals surface area (Å²) in [5.41, 5.74) is -0.172. The molecule has 1 aromatic heterocycles. The van der Waals surface area contributed by atoms with Gasteiger partial charge in [-0.2, -0.15) is 0 Å². The molecule has 2 atom stereocenters. The number of fused-ring (bicyclic) bond motifs is 1. The van der Waals surface area contributed by atoms with Gasteiger partial charge in [0.05, 0.1) is 29.5 Å². The molecule has 206 valence electrons. The summed E-state index contributed by atoms with van der Waals surface area (Å²) < 4.78 is 5.26. The van der Waals surface area contributed by atoms with Crippen molar-refractivity contribution in [2.75, 3.05) is 17.7 Å². The van der Waals surface area contributed by atoms with Crippen LogP contribution in [-0.4, -0.2) is 68.2 Å². The summed E-state index contributed by atoms with van der Waals surface area (Å²) in [6.45, 7) is 4.75. The quantitative estimate of drug-likeness (QED) is 0.194. The van der Waals surface area contributed by atoms with E-state index in [0.717, 1.165) is 41.9 Å². The van der Waals surface area contributed by atoms with Crippen LogP contribution in [0.3, 0.4) is 0 Å². The van der Waals surface area contributed by atoms with Crippen LogP contribution in [0, 0.1) is 5.92 Å². The van der Waals surface area contributed by atoms with E-state index < -0.39 is 47.5 Å². The summed E-state index contributed by atoms with van der Waals surface area (Å²) in [6.07, 6.45) is 6.29. The number of nitrogens with zero attached hydrogens (tertiary/aromatic N) is 2. The normalized spacial score (nSPS) is 21.6. The largest absolute Gasteiger partial charge is 1.00 e. The predicted octanol–water partition coefficient (Wildman–Crippen LogP) is -1.15. The van der Waals surface area contributed by atoms with Gasteiger partial charge in [-0.05, 0) is 38.7 Å². The molecule has 0 bridgehead atoms. The molecule has 1 saturated heterocycles. The molecule has 0 unspecified atom stereocenters. The zero-order chi connectivity index (χ0) is 27.6. The Morgan fingerprint density at radius 1 is 1.28 bits per heavy atom. The number of allylic oxidation sites excluding steroid dienone is 1. The van der Waals surface area contributed by atoms with Crippen LogP contribution >= 0.6 is 23.1 Å². The summed E-state index contributed by atoms with van der Waals surface area (Å²) >= 11 is 2.41. The number of amides is 3. The molecule has 1 aromatic rings. The second-order valence-corrected chi connectivity index (χ2v) is 12.4. The van der Waals surface area contributed by atoms with Gasteiger partial charge in [0.2, 0.25) is 0 Å². The van der Waals surface area contributed by atoms with Crippen molar-refractivity contribution in [2.45, 2.75) is 69.9 Å². The second-order valence-electron chi connectivity index (χ2n) is 10.4. The minimum atomic E-state index is -1.54. The van der Waals surface area contributed by atoms with Gasteiger partial charge in [-0.3, -0.25) is 19.8 Å². The van der Waals surface area contributed by atoms with Gasteiger partial charge in [-0.1, -0.05) is 31.8 Å². The van der Waals surface area contributed by atoms with E-state index in [1.807, 2.05) is 6.08 Å². The number of β-lactam (4-membered cyclic amide) rings is 1. The SMILES string of the molecule is CC(C)(C)OC(=O)Nc1nc(/C(=C/CC2CCCC2)C(=O)N[C@@H]2C(=O)N3C(C(=O)[O-])=C(CO)CS[C@@H]23)cs1.[Na+]. The Bertz CT molecular complexity index is 1190. The van der Waals surface area contributed by atoms with Gasteiger partial charge < -0.3 is 25.1 Å². The molecule has 11 nitrogen and oxygen atoms in total. The zero-order valence-corrected chi connectivity index (χ0v) is 26.1. The maximum atomic E-state index is 13.4. The summed E-state index contributed by atoms with van der Waals surface area (Å²) in [7, 11) is 0. The van der Waals surface area contributed by atoms with E-state index in [-0.39, 0.29) is 57.3 Å². The van der Waals surface area contributed by atoms with Crippen LogP contribution < -0.4 is 45.3 Å². The number of nitrogens with one attached hydrogen (secondary N) is 2. The standard InChI is InChI=1S/C25H32N4O7S2.Na/c1-25(2,3)36-24(35)28-23-26-16(12-38-23)15(9-8-13-6-4-5-7-13)19(31)27-17-20(32)29-18(22(33)34)14(10-30)11-37-21(17)29;/h9,12-13,17,21,30H,4-8,10-11H2,1-3H3,(H,27,31)(H,33,34)(H,26,28,35);/q;+1/p-1/b15-9-;/t17-,21+;/m1./s1. The van der Waals surface area contributed by atoms with Gasteiger partial charge in [0.15, 0.2) is 5.13 Å². The number of ether oxygens (including phenoxy) is 1. The molecule has 3 N–H and O–H groups in total. The summed E-state index contributed by atoms with van der Waals surface area (Å²) in [6, 6.07) is -0.935. The first-order chi connectivity index (χ1) is 18.0. The monoisotopic (exact) mass is 586 g/mol. The third-order valence-electron chi connectivity index (χ3n) is 6.48. The fourth-order valence-electron chi connectivity index (χ4n) is 4.70. The zero-order valence-electron chi connectivity index (χ0n) is 22.4. The number of rotatable bonds is 8. The Balaban J connectivity index is 0.00000420. The average Bonchev–Trinajstić information content (AvgIpc) is 3.52. The van der Waals surface area contributed by atoms with Crippen LogP contribution in [0.2, 0.25) is 0 Å². The molecule has 0 aromatic carbocycles. The molecular weight excluding hydrogens is 555 g/mol. The van der Waals surface area contributed by atoms with Crippen LogP contribution in [0.1, 0.15) is 58.6 Å². The third-order valence-corrected chi connectivity index (χ3v) is 8.58. The van der Waals surface area contributed by atoms with Crippen LogP contribution in [0.15, 0.2) is 22.7 Å². The Labute approximate surface area is 257 Å². The molecule has 2 aliphatic heterocycles. The van der Waals surface area contributed by atoms with Crippen LogP contribution in [-0.2, 0) is 19.1 Å². The first-order valence-electron chi connectivity index (χ1n) is 12.4. The molecule has 0 spiro atoms. The Kier molecular flexibility index (Phi) is 10.7. The number of carboxylic acids is 1. The minimum Gasteiger partial charge on any atom is -0.543 e. The molecule has 2 fully saturated rings. The van der Waals surface area contributed by atoms with Crippen molar-refractivity contribution in [1.82, 2.24) is 15.2 Å². The van der Waals surface area contributed by atoms with Gasteiger partial charge >= 0.3 is 35.7 Å². The molecule has 1 saturated carbocycles. The van der Waals surface area contributed by atoms with Crippen molar-refractivity contribution < 1.29 is 63.7 Å². The van der Waals surface area contributed by atoms with E-state index in [0.29, 0.717) is 18.0 Å². The van der Waals surface area contributed by atoms with E-state index >= 15 is 0 Å². The number of thioether (sulfide) groups is 1. The Morgan fingerprint density at radius 2 is 1.97 bits per heavy atom. The molecule has 3 amide bonds. The fraction of sp³-hybridized carbons (Fsp3) is 0.560. The summed E-state index contributed by atoms with van der Waals surface area (Å²) in [5.74, 6) is -1.97. The minimum absolute atomic E-state index is 0. The smallest absolute Gasteiger partial charge is 0.543 e. The van der Waals surface area contributed by atoms with Crippen molar-refractivity contribution in [2.24, 2.45) is 5.92 Å². The summed E-state index contributed by atoms with van der Waals surface area (Å²) in [5, 5.41) is 27.7. The maximum absolute atomic E-state index is 13.4. The number of aliphatic hydroxyl groups excluding tert-OH is 1. The number of thiazole rings is 1. The van der Waals surface area contributed by atoms with E-state index in [2.05, 4.69) is 15.6 Å². The number of aliphatic hydroxyl groups is 1. The van der Waals surface area contributed by atoms with Crippen molar-refractivity contribution in [3.63, 3.8) is 0 Å². The first-order valence-corrected chi connectivity index (χ1v) is 14.4. The van der Waals surface area contributed by atoms with Crippen LogP contribution in [0.25, 0.3) is 5.57 Å². The van der Waals surface area contributed by atoms with Crippen molar-refractivity contribution >= 4 is 57.7 Å². The van der Waals surface area contributed by atoms with Gasteiger partial charge in [-0.15, -0.1) is 23.1 Å². The number of carbonyl (C=O) groups is 4. The molecule has 4 rings (SSSR count).